The largest absolute Gasteiger partial charge is 0.486 e. The van der Waals surface area contributed by atoms with E-state index in [1.54, 1.807) is 18.2 Å². The third-order valence-electron chi connectivity index (χ3n) is 3.85. The molecule has 6 nitrogen and oxygen atoms in total. The molecule has 3 rings (SSSR count). The lowest BCUT2D eigenvalue weighted by Crippen LogP contribution is -2.41. The van der Waals surface area contributed by atoms with Crippen LogP contribution in [-0.2, 0) is 17.8 Å². The number of nitrogens with one attached hydrogen (secondary N) is 2. The maximum Gasteiger partial charge on any atom is 0.305 e. The predicted molar refractivity (Wildman–Crippen MR) is 99.8 cm³/mol. The minimum absolute atomic E-state index is 0.0529. The molecule has 0 radical (unpaired) electrons. The third-order valence-corrected chi connectivity index (χ3v) is 3.85. The number of ether oxygens (including phenoxy) is 1. The second kappa shape index (κ2) is 9.36. The number of benzene rings is 2. The zero-order chi connectivity index (χ0) is 19.8. The molecule has 144 valence electrons. The number of aryl methyl sites for hydroxylation is 1. The molecular weight excluding hydrogens is 363 g/mol. The molecule has 2 N–H and O–H groups in total. The zero-order valence-corrected chi connectivity index (χ0v) is 15.0. The first kappa shape index (κ1) is 19.2. The number of hydrogen-bond acceptors (Lipinski definition) is 4. The maximum atomic E-state index is 13.1. The van der Waals surface area contributed by atoms with Crippen LogP contribution in [0.25, 0.3) is 0 Å². The first-order valence-corrected chi connectivity index (χ1v) is 8.70. The number of carbonyl (C=O) groups is 2. The van der Waals surface area contributed by atoms with Crippen molar-refractivity contribution in [1.82, 2.24) is 10.9 Å². The molecule has 0 spiro atoms. The smallest absolute Gasteiger partial charge is 0.305 e. The van der Waals surface area contributed by atoms with E-state index < -0.39 is 11.8 Å². The van der Waals surface area contributed by atoms with Crippen LogP contribution in [0.15, 0.2) is 71.1 Å². The quantitative estimate of drug-likeness (QED) is 0.614. The molecule has 0 bridgehead atoms. The molecule has 3 aromatic rings. The second-order valence-electron chi connectivity index (χ2n) is 6.00. The minimum atomic E-state index is -0.579. The Labute approximate surface area is 161 Å². The Morgan fingerprint density at radius 1 is 0.964 bits per heavy atom. The Kier molecular flexibility index (Phi) is 6.41. The summed E-state index contributed by atoms with van der Waals surface area (Å²) in [5.41, 5.74) is 5.30. The van der Waals surface area contributed by atoms with Crippen LogP contribution in [0.2, 0.25) is 0 Å². The van der Waals surface area contributed by atoms with Crippen molar-refractivity contribution < 1.29 is 23.1 Å². The molecule has 0 aliphatic heterocycles. The summed E-state index contributed by atoms with van der Waals surface area (Å²) >= 11 is 0. The van der Waals surface area contributed by atoms with E-state index in [2.05, 4.69) is 10.9 Å². The molecular formula is C21H19FN2O4. The monoisotopic (exact) mass is 382 g/mol. The van der Waals surface area contributed by atoms with Crippen LogP contribution in [0, 0.1) is 5.82 Å². The summed E-state index contributed by atoms with van der Waals surface area (Å²) in [7, 11) is 0. The number of halogens is 1. The number of hydrogen-bond donors (Lipinski definition) is 2. The van der Waals surface area contributed by atoms with Gasteiger partial charge in [-0.15, -0.1) is 0 Å². The van der Waals surface area contributed by atoms with Gasteiger partial charge in [-0.2, -0.15) is 0 Å². The van der Waals surface area contributed by atoms with Crippen molar-refractivity contribution in [2.75, 3.05) is 0 Å². The predicted octanol–water partition coefficient (Wildman–Crippen LogP) is 3.39. The van der Waals surface area contributed by atoms with E-state index in [0.717, 1.165) is 0 Å². The van der Waals surface area contributed by atoms with Crippen LogP contribution in [-0.4, -0.2) is 11.8 Å². The molecule has 1 aromatic heterocycles. The number of carbonyl (C=O) groups excluding carboxylic acids is 2. The Morgan fingerprint density at radius 2 is 1.79 bits per heavy atom. The van der Waals surface area contributed by atoms with Crippen molar-refractivity contribution in [2.24, 2.45) is 0 Å². The topological polar surface area (TPSA) is 80.6 Å². The highest BCUT2D eigenvalue weighted by molar-refractivity contribution is 5.92. The van der Waals surface area contributed by atoms with Crippen LogP contribution >= 0.6 is 0 Å². The SMILES string of the molecule is O=C(CCc1cccc(F)c1)NNC(=O)c1ccc(COc2ccccc2)o1. The number of amides is 2. The van der Waals surface area contributed by atoms with E-state index in [9.17, 15) is 14.0 Å². The Morgan fingerprint density at radius 3 is 2.57 bits per heavy atom. The van der Waals surface area contributed by atoms with Gasteiger partial charge in [0.1, 0.15) is 23.9 Å². The fourth-order valence-electron chi connectivity index (χ4n) is 2.45. The Balaban J connectivity index is 1.42. The summed E-state index contributed by atoms with van der Waals surface area (Å²) in [5.74, 6) is -0.100. The summed E-state index contributed by atoms with van der Waals surface area (Å²) in [6.45, 7) is 0.178. The van der Waals surface area contributed by atoms with Gasteiger partial charge in [0, 0.05) is 6.42 Å². The first-order valence-electron chi connectivity index (χ1n) is 8.70. The molecule has 0 unspecified atom stereocenters. The van der Waals surface area contributed by atoms with Crippen LogP contribution in [0.3, 0.4) is 0 Å². The normalized spacial score (nSPS) is 10.3. The van der Waals surface area contributed by atoms with Gasteiger partial charge in [0.2, 0.25) is 5.91 Å². The van der Waals surface area contributed by atoms with Gasteiger partial charge < -0.3 is 9.15 Å². The molecule has 7 heteroatoms. The zero-order valence-electron chi connectivity index (χ0n) is 15.0. The molecule has 2 amide bonds. The van der Waals surface area contributed by atoms with Gasteiger partial charge in [-0.25, -0.2) is 4.39 Å². The van der Waals surface area contributed by atoms with Gasteiger partial charge in [-0.05, 0) is 48.4 Å². The lowest BCUT2D eigenvalue weighted by atomic mass is 10.1. The van der Waals surface area contributed by atoms with Gasteiger partial charge in [-0.3, -0.25) is 20.4 Å². The number of rotatable bonds is 7. The maximum absolute atomic E-state index is 13.1. The Hall–Kier alpha value is -3.61. The second-order valence-corrected chi connectivity index (χ2v) is 6.00. The van der Waals surface area contributed by atoms with Gasteiger partial charge in [0.25, 0.3) is 0 Å². The Bertz CT molecular complexity index is 940. The molecule has 2 aromatic carbocycles. The number of para-hydroxylation sites is 1. The summed E-state index contributed by atoms with van der Waals surface area (Å²) in [6.07, 6.45) is 0.471. The lowest BCUT2D eigenvalue weighted by molar-refractivity contribution is -0.121. The van der Waals surface area contributed by atoms with Crippen molar-refractivity contribution in [1.29, 1.82) is 0 Å². The summed E-state index contributed by atoms with van der Waals surface area (Å²) < 4.78 is 24.1. The third kappa shape index (κ3) is 5.70. The number of furan rings is 1. The average molecular weight is 382 g/mol. The van der Waals surface area contributed by atoms with Crippen molar-refractivity contribution in [3.8, 4) is 5.75 Å². The van der Waals surface area contributed by atoms with Crippen molar-refractivity contribution in [3.05, 3.63) is 89.6 Å². The van der Waals surface area contributed by atoms with E-state index >= 15 is 0 Å². The van der Waals surface area contributed by atoms with Crippen LogP contribution in [0.5, 0.6) is 5.75 Å². The molecule has 0 saturated carbocycles. The highest BCUT2D eigenvalue weighted by atomic mass is 19.1. The standard InChI is InChI=1S/C21H19FN2O4/c22-16-6-4-5-15(13-16)9-12-20(25)23-24-21(26)19-11-10-18(28-19)14-27-17-7-2-1-3-8-17/h1-8,10-11,13H,9,12,14H2,(H,23,25)(H,24,26). The molecule has 0 fully saturated rings. The van der Waals surface area contributed by atoms with Crippen LogP contribution in [0.4, 0.5) is 4.39 Å². The van der Waals surface area contributed by atoms with Gasteiger partial charge >= 0.3 is 5.91 Å². The van der Waals surface area contributed by atoms with E-state index in [-0.39, 0.29) is 24.6 Å². The van der Waals surface area contributed by atoms with Crippen molar-refractivity contribution in [3.63, 3.8) is 0 Å². The summed E-state index contributed by atoms with van der Waals surface area (Å²) in [4.78, 5) is 23.9. The van der Waals surface area contributed by atoms with Crippen molar-refractivity contribution >= 4 is 11.8 Å². The summed E-state index contributed by atoms with van der Waals surface area (Å²) in [5, 5.41) is 0. The fraction of sp³-hybridized carbons (Fsp3) is 0.143. The van der Waals surface area contributed by atoms with E-state index in [1.165, 1.54) is 18.2 Å². The molecule has 0 atom stereocenters. The van der Waals surface area contributed by atoms with E-state index in [0.29, 0.717) is 23.5 Å². The van der Waals surface area contributed by atoms with Gasteiger partial charge in [0.05, 0.1) is 0 Å². The minimum Gasteiger partial charge on any atom is -0.486 e. The fourth-order valence-corrected chi connectivity index (χ4v) is 2.45. The van der Waals surface area contributed by atoms with Crippen molar-refractivity contribution in [2.45, 2.75) is 19.4 Å². The lowest BCUT2D eigenvalue weighted by Gasteiger charge is -2.06. The first-order chi connectivity index (χ1) is 13.6. The highest BCUT2D eigenvalue weighted by Crippen LogP contribution is 2.14. The molecule has 28 heavy (non-hydrogen) atoms. The van der Waals surface area contributed by atoms with Crippen LogP contribution < -0.4 is 15.6 Å². The van der Waals surface area contributed by atoms with Gasteiger partial charge in [-0.1, -0.05) is 30.3 Å². The van der Waals surface area contributed by atoms with E-state index in [1.807, 2.05) is 30.3 Å². The van der Waals surface area contributed by atoms with E-state index in [4.69, 9.17) is 9.15 Å². The summed E-state index contributed by atoms with van der Waals surface area (Å²) in [6, 6.07) is 18.4. The molecule has 0 aliphatic rings. The average Bonchev–Trinajstić information content (AvgIpc) is 3.19. The molecule has 0 saturated heterocycles. The molecule has 0 aliphatic carbocycles. The highest BCUT2D eigenvalue weighted by Gasteiger charge is 2.12. The number of hydrazine groups is 1. The van der Waals surface area contributed by atoms with Crippen LogP contribution in [0.1, 0.15) is 28.3 Å². The molecule has 1 heterocycles. The van der Waals surface area contributed by atoms with Gasteiger partial charge in [0.15, 0.2) is 5.76 Å².